The van der Waals surface area contributed by atoms with Crippen LogP contribution >= 0.6 is 12.6 Å². The Kier molecular flexibility index (Phi) is 20.4. The normalized spacial score (nSPS) is 18.5. The molecule has 0 amide bonds. The largest absolute Gasteiger partial charge is 2.00 e. The number of nitrogens with zero attached hydrogens (tertiary/aromatic N) is 5. The molecule has 97 valence electrons. The fourth-order valence-corrected chi connectivity index (χ4v) is 1.01. The summed E-state index contributed by atoms with van der Waals surface area (Å²) in [5.74, 6) is 0. The molecule has 0 spiro atoms. The van der Waals surface area contributed by atoms with Gasteiger partial charge < -0.3 is 21.3 Å². The Hall–Kier alpha value is 0.199. The first-order chi connectivity index (χ1) is 7.41. The van der Waals surface area contributed by atoms with E-state index in [4.69, 9.17) is 5.26 Å². The molecule has 0 atom stereocenters. The molecule has 2 saturated heterocycles. The number of hydrogen-bond acceptors (Lipinski definition) is 2. The summed E-state index contributed by atoms with van der Waals surface area (Å²) in [6.45, 7) is 7.67. The first-order valence-electron chi connectivity index (χ1n) is 4.98. The number of thiol groups is 1. The van der Waals surface area contributed by atoms with Crippen LogP contribution < -0.4 is 0 Å². The van der Waals surface area contributed by atoms with Crippen LogP contribution in [-0.2, 0) is 17.1 Å². The van der Waals surface area contributed by atoms with Crippen molar-refractivity contribution >= 4 is 12.6 Å². The summed E-state index contributed by atoms with van der Waals surface area (Å²) in [4.78, 5) is 0. The van der Waals surface area contributed by atoms with Gasteiger partial charge in [-0.25, -0.2) is 0 Å². The summed E-state index contributed by atoms with van der Waals surface area (Å²) in [5, 5.41) is 25.0. The van der Waals surface area contributed by atoms with E-state index in [-0.39, 0.29) is 17.1 Å². The summed E-state index contributed by atoms with van der Waals surface area (Å²) in [6, 6.07) is 0. The third-order valence-electron chi connectivity index (χ3n) is 1.66. The van der Waals surface area contributed by atoms with E-state index in [2.05, 4.69) is 33.9 Å². The molecule has 0 aromatic rings. The molecule has 0 aromatic heterocycles. The number of hydrogen-bond donors (Lipinski definition) is 1. The first-order valence-corrected chi connectivity index (χ1v) is 5.42. The van der Waals surface area contributed by atoms with E-state index >= 15 is 0 Å². The molecule has 0 saturated carbocycles. The van der Waals surface area contributed by atoms with Gasteiger partial charge in [0, 0.05) is 0 Å². The number of nitriles is 1. The van der Waals surface area contributed by atoms with Crippen molar-refractivity contribution in [2.75, 3.05) is 52.4 Å². The SMILES string of the molecule is C1C[N-]CC[N-]1.C1C[N-]CC[N-]1.N#CS.[Cu+2]. The zero-order valence-electron chi connectivity index (χ0n) is 9.14. The Morgan fingerprint density at radius 1 is 0.688 bits per heavy atom. The van der Waals surface area contributed by atoms with E-state index in [9.17, 15) is 0 Å². The molecule has 16 heavy (non-hydrogen) atoms. The third-order valence-corrected chi connectivity index (χ3v) is 1.66. The van der Waals surface area contributed by atoms with Gasteiger partial charge in [-0.15, -0.1) is 0 Å². The Bertz CT molecular complexity index is 121. The van der Waals surface area contributed by atoms with Gasteiger partial charge in [0.05, 0.1) is 0 Å². The van der Waals surface area contributed by atoms with E-state index in [1.54, 1.807) is 0 Å². The van der Waals surface area contributed by atoms with Crippen LogP contribution in [0.4, 0.5) is 0 Å². The zero-order valence-corrected chi connectivity index (χ0v) is 11.0. The molecule has 2 heterocycles. The van der Waals surface area contributed by atoms with Crippen LogP contribution in [0.3, 0.4) is 0 Å². The minimum absolute atomic E-state index is 0. The summed E-state index contributed by atoms with van der Waals surface area (Å²) in [5.41, 5.74) is 0. The van der Waals surface area contributed by atoms with Crippen LogP contribution in [0.15, 0.2) is 0 Å². The second kappa shape index (κ2) is 17.6. The van der Waals surface area contributed by atoms with E-state index in [1.807, 2.05) is 0 Å². The second-order valence-corrected chi connectivity index (χ2v) is 2.98. The molecule has 2 fully saturated rings. The van der Waals surface area contributed by atoms with Gasteiger partial charge in [0.15, 0.2) is 0 Å². The van der Waals surface area contributed by atoms with Gasteiger partial charge >= 0.3 is 17.1 Å². The Balaban J connectivity index is 0. The van der Waals surface area contributed by atoms with Gasteiger partial charge in [-0.05, 0) is 0 Å². The topological polar surface area (TPSA) is 80.2 Å². The Labute approximate surface area is 114 Å². The molecule has 0 aliphatic carbocycles. The van der Waals surface area contributed by atoms with Gasteiger partial charge in [0.25, 0.3) is 0 Å². The maximum absolute atomic E-state index is 7.18. The van der Waals surface area contributed by atoms with Crippen LogP contribution in [0, 0.1) is 10.7 Å². The Morgan fingerprint density at radius 3 is 0.875 bits per heavy atom. The fraction of sp³-hybridized carbons (Fsp3) is 0.889. The zero-order chi connectivity index (χ0) is 11.2. The molecule has 1 radical (unpaired) electrons. The summed E-state index contributed by atoms with van der Waals surface area (Å²) < 4.78 is 0. The van der Waals surface area contributed by atoms with Crippen molar-refractivity contribution in [1.29, 1.82) is 5.26 Å². The average Bonchev–Trinajstić information content (AvgIpc) is 2.35. The van der Waals surface area contributed by atoms with Crippen molar-refractivity contribution in [3.63, 3.8) is 0 Å². The third kappa shape index (κ3) is 16.6. The van der Waals surface area contributed by atoms with Gasteiger partial charge in [0.2, 0.25) is 0 Å². The van der Waals surface area contributed by atoms with E-state index in [0.717, 1.165) is 52.4 Å². The molecule has 2 aliphatic rings. The average molecular weight is 291 g/mol. The quantitative estimate of drug-likeness (QED) is 0.413. The summed E-state index contributed by atoms with van der Waals surface area (Å²) in [6.07, 6.45) is 0. The predicted octanol–water partition coefficient (Wildman–Crippen LogP) is 1.89. The molecule has 2 aliphatic heterocycles. The summed E-state index contributed by atoms with van der Waals surface area (Å²) >= 11 is 3.09. The summed E-state index contributed by atoms with van der Waals surface area (Å²) in [7, 11) is 0. The molecule has 2 rings (SSSR count). The van der Waals surface area contributed by atoms with Crippen LogP contribution in [-0.4, -0.2) is 52.4 Å². The van der Waals surface area contributed by atoms with Crippen LogP contribution in [0.5, 0.6) is 0 Å². The monoisotopic (exact) mass is 290 g/mol. The minimum atomic E-state index is 0. The van der Waals surface area contributed by atoms with Crippen molar-refractivity contribution in [1.82, 2.24) is 0 Å². The Morgan fingerprint density at radius 2 is 0.812 bits per heavy atom. The maximum Gasteiger partial charge on any atom is 2.00 e. The predicted molar refractivity (Wildman–Crippen MR) is 67.0 cm³/mol. The molecule has 5 nitrogen and oxygen atoms in total. The molecule has 0 aromatic carbocycles. The van der Waals surface area contributed by atoms with E-state index in [1.165, 1.54) is 5.40 Å². The van der Waals surface area contributed by atoms with Crippen molar-refractivity contribution in [2.24, 2.45) is 0 Å². The van der Waals surface area contributed by atoms with Gasteiger partial charge in [-0.2, -0.15) is 57.6 Å². The van der Waals surface area contributed by atoms with Crippen LogP contribution in [0.2, 0.25) is 0 Å². The molecular weight excluding hydrogens is 274 g/mol. The number of piperazine rings is 2. The van der Waals surface area contributed by atoms with Crippen LogP contribution in [0.25, 0.3) is 21.3 Å². The fourth-order valence-electron chi connectivity index (χ4n) is 1.01. The van der Waals surface area contributed by atoms with Crippen molar-refractivity contribution < 1.29 is 17.1 Å². The number of rotatable bonds is 0. The number of thiocyanates is 1. The van der Waals surface area contributed by atoms with Gasteiger partial charge in [-0.3, -0.25) is 0 Å². The standard InChI is InChI=1S/2C4H8N2.CHNS.Cu/c2*1-2-6-4-3-5-1;2-1-3;/h2*1-4H2;3H;/q2*-2;;+2. The minimum Gasteiger partial charge on any atom is -0.665 e. The van der Waals surface area contributed by atoms with Crippen molar-refractivity contribution in [2.45, 2.75) is 0 Å². The van der Waals surface area contributed by atoms with E-state index < -0.39 is 0 Å². The molecular formula is C9H17CuN5S-2. The van der Waals surface area contributed by atoms with Crippen molar-refractivity contribution in [3.8, 4) is 5.40 Å². The van der Waals surface area contributed by atoms with Gasteiger partial charge in [-0.1, -0.05) is 12.6 Å². The van der Waals surface area contributed by atoms with Gasteiger partial charge in [0.1, 0.15) is 5.40 Å². The van der Waals surface area contributed by atoms with Crippen molar-refractivity contribution in [3.05, 3.63) is 21.3 Å². The smallest absolute Gasteiger partial charge is 0.665 e. The van der Waals surface area contributed by atoms with Crippen LogP contribution in [0.1, 0.15) is 0 Å². The second-order valence-electron chi connectivity index (χ2n) is 2.78. The van der Waals surface area contributed by atoms with E-state index in [0.29, 0.717) is 0 Å². The molecule has 0 bridgehead atoms. The first kappa shape index (κ1) is 18.6. The molecule has 0 unspecified atom stereocenters. The molecule has 7 heteroatoms. The molecule has 0 N–H and O–H groups in total. The maximum atomic E-state index is 7.18.